The van der Waals surface area contributed by atoms with Gasteiger partial charge in [0.05, 0.1) is 4.90 Å². The molecule has 3 aromatic rings. The van der Waals surface area contributed by atoms with E-state index in [2.05, 4.69) is 20.8 Å². The normalized spacial score (nSPS) is 15.3. The van der Waals surface area contributed by atoms with Gasteiger partial charge in [-0.15, -0.1) is 0 Å². The number of anilines is 1. The monoisotopic (exact) mass is 407 g/mol. The van der Waals surface area contributed by atoms with Gasteiger partial charge in [0.25, 0.3) is 0 Å². The molecule has 0 amide bonds. The molecule has 1 aliphatic rings. The second kappa shape index (κ2) is 8.15. The number of aromatic nitrogens is 2. The Morgan fingerprint density at radius 1 is 1.07 bits per heavy atom. The number of sulfonamides is 1. The Labute approximate surface area is 170 Å². The third kappa shape index (κ3) is 4.21. The van der Waals surface area contributed by atoms with Crippen molar-refractivity contribution >= 4 is 26.6 Å². The summed E-state index contributed by atoms with van der Waals surface area (Å²) in [5.41, 5.74) is 0.322. The molecule has 7 nitrogen and oxygen atoms in total. The number of hydrogen-bond donors (Lipinski definition) is 1. The topological polar surface area (TPSA) is 99.0 Å². The van der Waals surface area contributed by atoms with Gasteiger partial charge in [0.15, 0.2) is 11.5 Å². The minimum atomic E-state index is -3.56. The molecule has 8 heteroatoms. The van der Waals surface area contributed by atoms with E-state index >= 15 is 0 Å². The lowest BCUT2D eigenvalue weighted by molar-refractivity contribution is 0.400. The quantitative estimate of drug-likeness (QED) is 0.698. The largest absolute Gasteiger partial charge is 0.354 e. The molecule has 4 rings (SSSR count). The summed E-state index contributed by atoms with van der Waals surface area (Å²) in [5, 5.41) is 11.1. The number of nitrogens with zero attached hydrogens (tertiary/aromatic N) is 4. The third-order valence-electron chi connectivity index (χ3n) is 5.29. The molecule has 2 aromatic carbocycles. The molecule has 1 aromatic heterocycles. The average Bonchev–Trinajstić information content (AvgIpc) is 2.77. The van der Waals surface area contributed by atoms with Gasteiger partial charge in [-0.1, -0.05) is 30.3 Å². The lowest BCUT2D eigenvalue weighted by Crippen LogP contribution is -2.39. The van der Waals surface area contributed by atoms with Crippen molar-refractivity contribution in [3.05, 3.63) is 60.6 Å². The van der Waals surface area contributed by atoms with Crippen molar-refractivity contribution in [1.82, 2.24) is 14.7 Å². The number of nitrogens with one attached hydrogen (secondary N) is 1. The van der Waals surface area contributed by atoms with Gasteiger partial charge in [0, 0.05) is 32.0 Å². The van der Waals surface area contributed by atoms with Gasteiger partial charge in [0.2, 0.25) is 10.0 Å². The minimum absolute atomic E-state index is 0.240. The highest BCUT2D eigenvalue weighted by Gasteiger charge is 2.24. The van der Waals surface area contributed by atoms with Crippen molar-refractivity contribution in [2.75, 3.05) is 24.5 Å². The molecule has 2 heterocycles. The van der Waals surface area contributed by atoms with Crippen molar-refractivity contribution < 1.29 is 8.42 Å². The van der Waals surface area contributed by atoms with E-state index in [0.717, 1.165) is 36.7 Å². The molecular weight excluding hydrogens is 386 g/mol. The van der Waals surface area contributed by atoms with Crippen LogP contribution in [0.1, 0.15) is 18.5 Å². The molecule has 148 valence electrons. The molecule has 1 N–H and O–H groups in total. The zero-order chi connectivity index (χ0) is 20.3. The highest BCUT2D eigenvalue weighted by atomic mass is 32.2. The van der Waals surface area contributed by atoms with Gasteiger partial charge in [-0.25, -0.2) is 23.1 Å². The molecule has 29 heavy (non-hydrogen) atoms. The molecule has 1 saturated heterocycles. The van der Waals surface area contributed by atoms with Crippen LogP contribution in [-0.4, -0.2) is 38.0 Å². The molecule has 0 saturated carbocycles. The van der Waals surface area contributed by atoms with E-state index in [4.69, 9.17) is 0 Å². The Balaban J connectivity index is 1.37. The van der Waals surface area contributed by atoms with Crippen LogP contribution in [0.5, 0.6) is 0 Å². The van der Waals surface area contributed by atoms with Crippen molar-refractivity contribution in [2.45, 2.75) is 17.7 Å². The molecule has 0 atom stereocenters. The maximum atomic E-state index is 12.7. The fourth-order valence-corrected chi connectivity index (χ4v) is 4.79. The Morgan fingerprint density at radius 3 is 2.55 bits per heavy atom. The van der Waals surface area contributed by atoms with Crippen molar-refractivity contribution in [2.24, 2.45) is 5.92 Å². The third-order valence-corrected chi connectivity index (χ3v) is 6.71. The predicted octanol–water partition coefficient (Wildman–Crippen LogP) is 2.70. The van der Waals surface area contributed by atoms with Crippen LogP contribution in [0.2, 0.25) is 0 Å². The van der Waals surface area contributed by atoms with Gasteiger partial charge in [-0.2, -0.15) is 5.26 Å². The fourth-order valence-electron chi connectivity index (χ4n) is 3.64. The number of benzene rings is 2. The summed E-state index contributed by atoms with van der Waals surface area (Å²) in [7, 11) is -3.56. The van der Waals surface area contributed by atoms with Gasteiger partial charge >= 0.3 is 0 Å². The summed E-state index contributed by atoms with van der Waals surface area (Å²) in [4.78, 5) is 10.7. The first-order chi connectivity index (χ1) is 14.1. The SMILES string of the molecule is N#Cc1nccnc1N1CCC(CNS(=O)(=O)c2ccc3ccccc3c2)CC1. The lowest BCUT2D eigenvalue weighted by Gasteiger charge is -2.32. The van der Waals surface area contributed by atoms with E-state index in [1.165, 1.54) is 6.20 Å². The van der Waals surface area contributed by atoms with Crippen LogP contribution in [0.15, 0.2) is 59.8 Å². The van der Waals surface area contributed by atoms with Crippen LogP contribution in [0.25, 0.3) is 10.8 Å². The minimum Gasteiger partial charge on any atom is -0.354 e. The summed E-state index contributed by atoms with van der Waals surface area (Å²) in [6.07, 6.45) is 4.74. The molecule has 0 unspecified atom stereocenters. The second-order valence-electron chi connectivity index (χ2n) is 7.13. The van der Waals surface area contributed by atoms with E-state index in [9.17, 15) is 13.7 Å². The van der Waals surface area contributed by atoms with Crippen LogP contribution in [-0.2, 0) is 10.0 Å². The first-order valence-corrected chi connectivity index (χ1v) is 11.0. The fraction of sp³-hybridized carbons (Fsp3) is 0.286. The van der Waals surface area contributed by atoms with Crippen molar-refractivity contribution in [1.29, 1.82) is 5.26 Å². The van der Waals surface area contributed by atoms with E-state index in [0.29, 0.717) is 18.1 Å². The maximum Gasteiger partial charge on any atom is 0.240 e. The Hall–Kier alpha value is -3.02. The summed E-state index contributed by atoms with van der Waals surface area (Å²) < 4.78 is 28.2. The second-order valence-corrected chi connectivity index (χ2v) is 8.90. The van der Waals surface area contributed by atoms with E-state index in [1.54, 1.807) is 18.3 Å². The van der Waals surface area contributed by atoms with E-state index < -0.39 is 10.0 Å². The molecule has 1 fully saturated rings. The van der Waals surface area contributed by atoms with Gasteiger partial charge in [0.1, 0.15) is 6.07 Å². The Kier molecular flexibility index (Phi) is 5.43. The molecular formula is C21H21N5O2S. The van der Waals surface area contributed by atoms with Crippen LogP contribution in [0.4, 0.5) is 5.82 Å². The average molecular weight is 407 g/mol. The first-order valence-electron chi connectivity index (χ1n) is 9.51. The zero-order valence-corrected chi connectivity index (χ0v) is 16.6. The number of fused-ring (bicyclic) bond motifs is 1. The predicted molar refractivity (Wildman–Crippen MR) is 111 cm³/mol. The highest BCUT2D eigenvalue weighted by molar-refractivity contribution is 7.89. The number of hydrogen-bond acceptors (Lipinski definition) is 6. The van der Waals surface area contributed by atoms with Crippen LogP contribution in [0, 0.1) is 17.2 Å². The standard InChI is InChI=1S/C21H21N5O2S/c22-14-20-21(24-10-9-23-20)26-11-7-16(8-12-26)15-25-29(27,28)19-6-5-17-3-1-2-4-18(17)13-19/h1-6,9-10,13,16,25H,7-8,11-12,15H2. The first kappa shape index (κ1) is 19.3. The molecule has 0 bridgehead atoms. The summed E-state index contributed by atoms with van der Waals surface area (Å²) in [6, 6.07) is 15.0. The van der Waals surface area contributed by atoms with Crippen LogP contribution >= 0.6 is 0 Å². The van der Waals surface area contributed by atoms with Gasteiger partial charge in [-0.05, 0) is 41.7 Å². The molecule has 1 aliphatic heterocycles. The summed E-state index contributed by atoms with van der Waals surface area (Å²) >= 11 is 0. The van der Waals surface area contributed by atoms with E-state index in [1.807, 2.05) is 35.2 Å². The smallest absolute Gasteiger partial charge is 0.240 e. The zero-order valence-electron chi connectivity index (χ0n) is 15.8. The van der Waals surface area contributed by atoms with Gasteiger partial charge < -0.3 is 4.90 Å². The van der Waals surface area contributed by atoms with Gasteiger partial charge in [-0.3, -0.25) is 0 Å². The number of rotatable bonds is 5. The number of nitriles is 1. The summed E-state index contributed by atoms with van der Waals surface area (Å²) in [5.74, 6) is 0.842. The number of piperidine rings is 1. The lowest BCUT2D eigenvalue weighted by atomic mass is 9.97. The summed E-state index contributed by atoms with van der Waals surface area (Å²) in [6.45, 7) is 1.83. The highest BCUT2D eigenvalue weighted by Crippen LogP contribution is 2.24. The maximum absolute atomic E-state index is 12.7. The van der Waals surface area contributed by atoms with Crippen LogP contribution in [0.3, 0.4) is 0 Å². The molecule has 0 radical (unpaired) electrons. The van der Waals surface area contributed by atoms with Crippen LogP contribution < -0.4 is 9.62 Å². The Bertz CT molecular complexity index is 1160. The molecule has 0 aliphatic carbocycles. The van der Waals surface area contributed by atoms with E-state index in [-0.39, 0.29) is 10.8 Å². The molecule has 0 spiro atoms. The Morgan fingerprint density at radius 2 is 1.79 bits per heavy atom. The van der Waals surface area contributed by atoms with Crippen molar-refractivity contribution in [3.63, 3.8) is 0 Å². The van der Waals surface area contributed by atoms with Crippen molar-refractivity contribution in [3.8, 4) is 6.07 Å².